The maximum absolute atomic E-state index is 12.6. The smallest absolute Gasteiger partial charge is 0.143 e. The van der Waals surface area contributed by atoms with Gasteiger partial charge in [0.05, 0.1) is 23.7 Å². The average Bonchev–Trinajstić information content (AvgIpc) is 2.15. The van der Waals surface area contributed by atoms with Gasteiger partial charge >= 0.3 is 0 Å². The lowest BCUT2D eigenvalue weighted by Crippen LogP contribution is -2.28. The number of anilines is 1. The lowest BCUT2D eigenvalue weighted by atomic mass is 10.1. The lowest BCUT2D eigenvalue weighted by molar-refractivity contribution is 0.0221. The van der Waals surface area contributed by atoms with Crippen molar-refractivity contribution in [3.05, 3.63) is 23.8 Å². The molecule has 0 aliphatic rings. The molecule has 2 unspecified atom stereocenters. The number of rotatable bonds is 3. The molecule has 0 saturated carbocycles. The number of aromatic nitrogens is 1. The number of halogens is 1. The number of nitrogen functional groups attached to an aromatic ring is 1. The molecular formula is C8H12FN3O2. The molecule has 0 amide bonds. The zero-order valence-corrected chi connectivity index (χ0v) is 7.39. The second-order valence-corrected chi connectivity index (χ2v) is 2.88. The third-order valence-corrected chi connectivity index (χ3v) is 1.80. The van der Waals surface area contributed by atoms with Crippen LogP contribution in [0.3, 0.4) is 0 Å². The van der Waals surface area contributed by atoms with Gasteiger partial charge in [0.25, 0.3) is 0 Å². The van der Waals surface area contributed by atoms with E-state index in [0.29, 0.717) is 0 Å². The lowest BCUT2D eigenvalue weighted by Gasteiger charge is -2.16. The summed E-state index contributed by atoms with van der Waals surface area (Å²) in [5, 5.41) is 18.7. The minimum absolute atomic E-state index is 0.00926. The summed E-state index contributed by atoms with van der Waals surface area (Å²) in [6.07, 6.45) is -1.53. The third kappa shape index (κ3) is 2.16. The largest absolute Gasteiger partial charge is 0.397 e. The Morgan fingerprint density at radius 1 is 1.50 bits per heavy atom. The second kappa shape index (κ2) is 4.32. The second-order valence-electron chi connectivity index (χ2n) is 2.88. The topological polar surface area (TPSA) is 105 Å². The first kappa shape index (κ1) is 10.8. The van der Waals surface area contributed by atoms with Crippen LogP contribution in [0.2, 0.25) is 0 Å². The summed E-state index contributed by atoms with van der Waals surface area (Å²) in [7, 11) is 0. The molecule has 1 aromatic heterocycles. The van der Waals surface area contributed by atoms with Gasteiger partial charge in [-0.1, -0.05) is 0 Å². The molecule has 0 saturated heterocycles. The first-order valence-electron chi connectivity index (χ1n) is 4.03. The van der Waals surface area contributed by atoms with Gasteiger partial charge in [-0.05, 0) is 0 Å². The van der Waals surface area contributed by atoms with E-state index in [9.17, 15) is 14.6 Å². The number of aliphatic hydroxyl groups excluding tert-OH is 2. The molecule has 5 nitrogen and oxygen atoms in total. The fourth-order valence-corrected chi connectivity index (χ4v) is 1.02. The highest BCUT2D eigenvalue weighted by Gasteiger charge is 2.20. The van der Waals surface area contributed by atoms with E-state index in [1.165, 1.54) is 0 Å². The summed E-state index contributed by atoms with van der Waals surface area (Å²) in [4.78, 5) is 3.58. The van der Waals surface area contributed by atoms with E-state index < -0.39 is 18.0 Å². The molecule has 1 rings (SSSR count). The fourth-order valence-electron chi connectivity index (χ4n) is 1.02. The molecule has 6 heteroatoms. The maximum atomic E-state index is 12.6. The van der Waals surface area contributed by atoms with Crippen molar-refractivity contribution in [2.45, 2.75) is 12.2 Å². The number of nitrogens with two attached hydrogens (primary N) is 2. The minimum Gasteiger partial charge on any atom is -0.397 e. The van der Waals surface area contributed by atoms with Crippen molar-refractivity contribution < 1.29 is 14.6 Å². The Kier molecular flexibility index (Phi) is 3.34. The van der Waals surface area contributed by atoms with Gasteiger partial charge in [0.15, 0.2) is 0 Å². The van der Waals surface area contributed by atoms with Crippen LogP contribution in [0.15, 0.2) is 12.3 Å². The molecule has 0 aromatic carbocycles. The van der Waals surface area contributed by atoms with Crippen molar-refractivity contribution in [1.82, 2.24) is 4.98 Å². The first-order valence-corrected chi connectivity index (χ1v) is 4.03. The molecule has 0 radical (unpaired) electrons. The molecule has 0 aliphatic carbocycles. The zero-order valence-electron chi connectivity index (χ0n) is 7.39. The Balaban J connectivity index is 2.95. The quantitative estimate of drug-likeness (QED) is 0.510. The van der Waals surface area contributed by atoms with E-state index in [1.807, 2.05) is 0 Å². The van der Waals surface area contributed by atoms with Crippen molar-refractivity contribution in [3.8, 4) is 0 Å². The highest BCUT2D eigenvalue weighted by molar-refractivity contribution is 5.43. The van der Waals surface area contributed by atoms with Gasteiger partial charge in [-0.15, -0.1) is 0 Å². The molecule has 2 atom stereocenters. The van der Waals surface area contributed by atoms with Crippen molar-refractivity contribution in [1.29, 1.82) is 0 Å². The highest BCUT2D eigenvalue weighted by Crippen LogP contribution is 2.20. The molecule has 0 fully saturated rings. The number of nitrogens with zero attached hydrogens (tertiary/aromatic N) is 1. The van der Waals surface area contributed by atoms with Crippen LogP contribution < -0.4 is 11.5 Å². The molecule has 78 valence electrons. The zero-order chi connectivity index (χ0) is 10.7. The molecule has 1 aromatic rings. The van der Waals surface area contributed by atoms with Crippen LogP contribution in [0.4, 0.5) is 10.1 Å². The fraction of sp³-hybridized carbons (Fsp3) is 0.375. The summed E-state index contributed by atoms with van der Waals surface area (Å²) in [5.41, 5.74) is 10.6. The molecule has 0 aliphatic heterocycles. The van der Waals surface area contributed by atoms with E-state index in [4.69, 9.17) is 11.5 Å². The standard InChI is InChI=1S/C8H12FN3O2/c9-4-1-5(11)7(12-3-4)8(14)6(13)2-10/h1,3,6,8,13-14H,2,10-11H2. The van der Waals surface area contributed by atoms with Gasteiger partial charge in [-0.2, -0.15) is 0 Å². The highest BCUT2D eigenvalue weighted by atomic mass is 19.1. The number of aliphatic hydroxyl groups is 2. The van der Waals surface area contributed by atoms with E-state index in [2.05, 4.69) is 4.98 Å². The van der Waals surface area contributed by atoms with Crippen LogP contribution in [0.1, 0.15) is 11.8 Å². The van der Waals surface area contributed by atoms with Crippen LogP contribution in [0.25, 0.3) is 0 Å². The molecule has 6 N–H and O–H groups in total. The van der Waals surface area contributed by atoms with Gasteiger partial charge in [-0.3, -0.25) is 4.98 Å². The third-order valence-electron chi connectivity index (χ3n) is 1.80. The van der Waals surface area contributed by atoms with Gasteiger partial charge in [0.1, 0.15) is 11.9 Å². The van der Waals surface area contributed by atoms with Crippen molar-refractivity contribution in [3.63, 3.8) is 0 Å². The molecular weight excluding hydrogens is 189 g/mol. The maximum Gasteiger partial charge on any atom is 0.143 e. The number of pyridine rings is 1. The van der Waals surface area contributed by atoms with Crippen LogP contribution >= 0.6 is 0 Å². The van der Waals surface area contributed by atoms with Crippen LogP contribution in [0, 0.1) is 5.82 Å². The van der Waals surface area contributed by atoms with E-state index >= 15 is 0 Å². The predicted molar refractivity (Wildman–Crippen MR) is 48.6 cm³/mol. The van der Waals surface area contributed by atoms with Crippen LogP contribution in [-0.2, 0) is 0 Å². The van der Waals surface area contributed by atoms with Gasteiger partial charge in [0.2, 0.25) is 0 Å². The van der Waals surface area contributed by atoms with E-state index in [1.54, 1.807) is 0 Å². The SMILES string of the molecule is NCC(O)C(O)c1ncc(F)cc1N. The van der Waals surface area contributed by atoms with E-state index in [-0.39, 0.29) is 17.9 Å². The van der Waals surface area contributed by atoms with Crippen molar-refractivity contribution >= 4 is 5.69 Å². The molecule has 0 spiro atoms. The summed E-state index contributed by atoms with van der Waals surface area (Å²) >= 11 is 0. The molecule has 1 heterocycles. The Hall–Kier alpha value is -1.24. The summed E-state index contributed by atoms with van der Waals surface area (Å²) in [5.74, 6) is -0.597. The summed E-state index contributed by atoms with van der Waals surface area (Å²) in [6.45, 7) is -0.125. The predicted octanol–water partition coefficient (Wildman–Crippen LogP) is -0.844. The Morgan fingerprint density at radius 3 is 2.64 bits per heavy atom. The first-order chi connectivity index (χ1) is 6.56. The molecule has 0 bridgehead atoms. The minimum atomic E-state index is -1.29. The Bertz CT molecular complexity index is 321. The van der Waals surface area contributed by atoms with Gasteiger partial charge < -0.3 is 21.7 Å². The van der Waals surface area contributed by atoms with Crippen molar-refractivity contribution in [2.24, 2.45) is 5.73 Å². The summed E-state index contributed by atoms with van der Waals surface area (Å²) < 4.78 is 12.6. The number of hydrogen-bond acceptors (Lipinski definition) is 5. The van der Waals surface area contributed by atoms with E-state index in [0.717, 1.165) is 12.3 Å². The average molecular weight is 201 g/mol. The summed E-state index contributed by atoms with van der Waals surface area (Å²) in [6, 6.07) is 1.02. The number of hydrogen-bond donors (Lipinski definition) is 4. The molecule has 14 heavy (non-hydrogen) atoms. The van der Waals surface area contributed by atoms with Crippen LogP contribution in [0.5, 0.6) is 0 Å². The monoisotopic (exact) mass is 201 g/mol. The normalized spacial score (nSPS) is 15.1. The Morgan fingerprint density at radius 2 is 2.14 bits per heavy atom. The van der Waals surface area contributed by atoms with Crippen molar-refractivity contribution in [2.75, 3.05) is 12.3 Å². The van der Waals surface area contributed by atoms with Gasteiger partial charge in [0, 0.05) is 12.6 Å². The van der Waals surface area contributed by atoms with Crippen LogP contribution in [-0.4, -0.2) is 27.8 Å². The Labute approximate surface area is 80.2 Å². The van der Waals surface area contributed by atoms with Gasteiger partial charge in [-0.25, -0.2) is 4.39 Å².